The van der Waals surface area contributed by atoms with Crippen LogP contribution in [0.25, 0.3) is 0 Å². The number of alkyl halides is 2. The van der Waals surface area contributed by atoms with E-state index >= 15 is 0 Å². The average molecular weight is 418 g/mol. The molecule has 0 atom stereocenters. The Labute approximate surface area is 176 Å². The monoisotopic (exact) mass is 418 g/mol. The fourth-order valence-electron chi connectivity index (χ4n) is 3.34. The molecule has 1 fully saturated rings. The third-order valence-electron chi connectivity index (χ3n) is 4.90. The molecule has 8 heteroatoms. The van der Waals surface area contributed by atoms with Gasteiger partial charge in [-0.3, -0.25) is 4.99 Å². The van der Waals surface area contributed by atoms with Crippen LogP contribution in [0.15, 0.2) is 53.5 Å². The Bertz CT molecular complexity index is 807. The standard InChI is InChI=1S/C22H28F2N4O2/c1-25-22(27(2)16-18-5-9-20(10-6-18)30-21(23)24)26-15-17-3-7-19(8-4-17)28-11-13-29-14-12-28/h3-10,21H,11-16H2,1-2H3,(H,25,26). The molecule has 1 heterocycles. The van der Waals surface area contributed by atoms with Crippen LogP contribution in [0.1, 0.15) is 11.1 Å². The van der Waals surface area contributed by atoms with Gasteiger partial charge in [0.15, 0.2) is 5.96 Å². The van der Waals surface area contributed by atoms with Gasteiger partial charge in [0.1, 0.15) is 5.75 Å². The van der Waals surface area contributed by atoms with E-state index in [0.717, 1.165) is 43.4 Å². The number of hydrogen-bond acceptors (Lipinski definition) is 4. The van der Waals surface area contributed by atoms with Crippen molar-refractivity contribution < 1.29 is 18.3 Å². The molecule has 1 aliphatic rings. The van der Waals surface area contributed by atoms with Crippen LogP contribution in [0, 0.1) is 0 Å². The third-order valence-corrected chi connectivity index (χ3v) is 4.90. The lowest BCUT2D eigenvalue weighted by Gasteiger charge is -2.29. The Balaban J connectivity index is 1.51. The molecule has 0 unspecified atom stereocenters. The van der Waals surface area contributed by atoms with Crippen LogP contribution in [-0.4, -0.2) is 57.9 Å². The Kier molecular flexibility index (Phi) is 7.84. The van der Waals surface area contributed by atoms with Gasteiger partial charge >= 0.3 is 6.61 Å². The second-order valence-electron chi connectivity index (χ2n) is 7.05. The van der Waals surface area contributed by atoms with Crippen LogP contribution in [0.2, 0.25) is 0 Å². The first-order valence-corrected chi connectivity index (χ1v) is 9.92. The predicted octanol–water partition coefficient (Wildman–Crippen LogP) is 3.33. The maximum atomic E-state index is 12.3. The number of ether oxygens (including phenoxy) is 2. The molecule has 2 aromatic carbocycles. The highest BCUT2D eigenvalue weighted by atomic mass is 19.3. The number of guanidine groups is 1. The predicted molar refractivity (Wildman–Crippen MR) is 114 cm³/mol. The first-order valence-electron chi connectivity index (χ1n) is 9.92. The van der Waals surface area contributed by atoms with Crippen molar-refractivity contribution in [3.8, 4) is 5.75 Å². The molecule has 3 rings (SSSR count). The van der Waals surface area contributed by atoms with Crippen LogP contribution in [-0.2, 0) is 17.8 Å². The Morgan fingerprint density at radius 3 is 2.33 bits per heavy atom. The van der Waals surface area contributed by atoms with E-state index < -0.39 is 6.61 Å². The van der Waals surface area contributed by atoms with Gasteiger partial charge in [0.2, 0.25) is 0 Å². The normalized spacial score (nSPS) is 14.7. The molecule has 0 radical (unpaired) electrons. The molecule has 0 amide bonds. The number of benzene rings is 2. The quantitative estimate of drug-likeness (QED) is 0.552. The van der Waals surface area contributed by atoms with Crippen molar-refractivity contribution >= 4 is 11.6 Å². The zero-order chi connectivity index (χ0) is 21.3. The zero-order valence-corrected chi connectivity index (χ0v) is 17.4. The van der Waals surface area contributed by atoms with Gasteiger partial charge in [0.05, 0.1) is 13.2 Å². The van der Waals surface area contributed by atoms with Gasteiger partial charge in [-0.05, 0) is 35.4 Å². The fraction of sp³-hybridized carbons (Fsp3) is 0.409. The summed E-state index contributed by atoms with van der Waals surface area (Å²) in [6.07, 6.45) is 0. The number of anilines is 1. The molecular formula is C22H28F2N4O2. The van der Waals surface area contributed by atoms with Gasteiger partial charge in [0.25, 0.3) is 0 Å². The van der Waals surface area contributed by atoms with Crippen LogP contribution in [0.4, 0.5) is 14.5 Å². The Morgan fingerprint density at radius 2 is 1.73 bits per heavy atom. The molecule has 0 bridgehead atoms. The average Bonchev–Trinajstić information content (AvgIpc) is 2.76. The number of hydrogen-bond donors (Lipinski definition) is 1. The van der Waals surface area contributed by atoms with Gasteiger partial charge in [-0.15, -0.1) is 0 Å². The third kappa shape index (κ3) is 6.32. The van der Waals surface area contributed by atoms with E-state index in [4.69, 9.17) is 4.74 Å². The van der Waals surface area contributed by atoms with Gasteiger partial charge in [-0.25, -0.2) is 0 Å². The minimum atomic E-state index is -2.82. The summed E-state index contributed by atoms with van der Waals surface area (Å²) in [4.78, 5) is 8.63. The van der Waals surface area contributed by atoms with Crippen LogP contribution in [0.5, 0.6) is 5.75 Å². The fourth-order valence-corrected chi connectivity index (χ4v) is 3.34. The van der Waals surface area contributed by atoms with Crippen molar-refractivity contribution in [2.75, 3.05) is 45.3 Å². The maximum absolute atomic E-state index is 12.3. The molecule has 6 nitrogen and oxygen atoms in total. The number of nitrogens with one attached hydrogen (secondary N) is 1. The first-order chi connectivity index (χ1) is 14.5. The molecule has 0 spiro atoms. The van der Waals surface area contributed by atoms with E-state index in [2.05, 4.69) is 44.2 Å². The largest absolute Gasteiger partial charge is 0.435 e. The molecule has 0 aromatic heterocycles. The van der Waals surface area contributed by atoms with Crippen molar-refractivity contribution in [3.63, 3.8) is 0 Å². The molecule has 1 N–H and O–H groups in total. The summed E-state index contributed by atoms with van der Waals surface area (Å²) in [5.41, 5.74) is 3.34. The molecule has 0 saturated carbocycles. The molecule has 1 aliphatic heterocycles. The number of halogens is 2. The van der Waals surface area contributed by atoms with E-state index in [-0.39, 0.29) is 5.75 Å². The lowest BCUT2D eigenvalue weighted by Crippen LogP contribution is -2.38. The van der Waals surface area contributed by atoms with Crippen molar-refractivity contribution in [1.29, 1.82) is 0 Å². The zero-order valence-electron chi connectivity index (χ0n) is 17.4. The SMILES string of the molecule is CN=C(NCc1ccc(N2CCOCC2)cc1)N(C)Cc1ccc(OC(F)F)cc1. The second kappa shape index (κ2) is 10.8. The van der Waals surface area contributed by atoms with E-state index in [9.17, 15) is 8.78 Å². The van der Waals surface area contributed by atoms with E-state index in [1.165, 1.54) is 5.69 Å². The smallest absolute Gasteiger partial charge is 0.387 e. The summed E-state index contributed by atoms with van der Waals surface area (Å²) in [5.74, 6) is 0.902. The van der Waals surface area contributed by atoms with Crippen LogP contribution in [0.3, 0.4) is 0 Å². The van der Waals surface area contributed by atoms with E-state index in [1.54, 1.807) is 31.3 Å². The number of nitrogens with zero attached hydrogens (tertiary/aromatic N) is 3. The molecule has 162 valence electrons. The van der Waals surface area contributed by atoms with E-state index in [1.807, 2.05) is 11.9 Å². The topological polar surface area (TPSA) is 49.3 Å². The summed E-state index contributed by atoms with van der Waals surface area (Å²) < 4.78 is 34.3. The molecule has 30 heavy (non-hydrogen) atoms. The highest BCUT2D eigenvalue weighted by Crippen LogP contribution is 2.17. The highest BCUT2D eigenvalue weighted by Gasteiger charge is 2.11. The maximum Gasteiger partial charge on any atom is 0.387 e. The summed E-state index contributed by atoms with van der Waals surface area (Å²) in [6.45, 7) is 1.81. The van der Waals surface area contributed by atoms with Crippen LogP contribution < -0.4 is 15.0 Å². The van der Waals surface area contributed by atoms with Gasteiger partial charge in [-0.1, -0.05) is 24.3 Å². The number of morpholine rings is 1. The summed E-state index contributed by atoms with van der Waals surface area (Å²) >= 11 is 0. The summed E-state index contributed by atoms with van der Waals surface area (Å²) in [5, 5.41) is 3.36. The Hall–Kier alpha value is -2.87. The highest BCUT2D eigenvalue weighted by molar-refractivity contribution is 5.79. The van der Waals surface area contributed by atoms with Crippen molar-refractivity contribution in [2.24, 2.45) is 4.99 Å². The van der Waals surface area contributed by atoms with Crippen molar-refractivity contribution in [2.45, 2.75) is 19.7 Å². The van der Waals surface area contributed by atoms with Crippen LogP contribution >= 0.6 is 0 Å². The van der Waals surface area contributed by atoms with Gasteiger partial charge in [-0.2, -0.15) is 8.78 Å². The van der Waals surface area contributed by atoms with Gasteiger partial charge in [0, 0.05) is 46.0 Å². The molecule has 1 saturated heterocycles. The lowest BCUT2D eigenvalue weighted by atomic mass is 10.2. The summed E-state index contributed by atoms with van der Waals surface area (Å²) in [7, 11) is 3.67. The molecular weight excluding hydrogens is 390 g/mol. The first kappa shape index (κ1) is 21.8. The van der Waals surface area contributed by atoms with E-state index in [0.29, 0.717) is 13.1 Å². The molecule has 0 aliphatic carbocycles. The number of rotatable bonds is 7. The summed E-state index contributed by atoms with van der Waals surface area (Å²) in [6, 6.07) is 15.1. The second-order valence-corrected chi connectivity index (χ2v) is 7.05. The Morgan fingerprint density at radius 1 is 1.10 bits per heavy atom. The van der Waals surface area contributed by atoms with Crippen molar-refractivity contribution in [3.05, 3.63) is 59.7 Å². The minimum Gasteiger partial charge on any atom is -0.435 e. The van der Waals surface area contributed by atoms with Gasteiger partial charge < -0.3 is 24.6 Å². The minimum absolute atomic E-state index is 0.152. The molecule has 2 aromatic rings. The van der Waals surface area contributed by atoms with Crippen molar-refractivity contribution in [1.82, 2.24) is 10.2 Å². The lowest BCUT2D eigenvalue weighted by molar-refractivity contribution is -0.0498. The number of aliphatic imine (C=N–C) groups is 1.